The third-order valence-corrected chi connectivity index (χ3v) is 8.76. The first kappa shape index (κ1) is 31.1. The van der Waals surface area contributed by atoms with Crippen LogP contribution in [0.4, 0.5) is 22.0 Å². The Labute approximate surface area is 280 Å². The molecular formula is C39H39N7O2. The molecule has 7 rings (SSSR count). The molecule has 9 heteroatoms. The largest absolute Gasteiger partial charge is 0.437 e. The molecule has 0 spiro atoms. The fourth-order valence-electron chi connectivity index (χ4n) is 6.13. The highest BCUT2D eigenvalue weighted by Gasteiger charge is 2.22. The number of nitrogens with one attached hydrogen (secondary N) is 3. The van der Waals surface area contributed by atoms with Gasteiger partial charge in [0.1, 0.15) is 17.9 Å². The minimum absolute atomic E-state index is 0.257. The molecule has 1 aliphatic rings. The number of para-hydroxylation sites is 1. The van der Waals surface area contributed by atoms with Crippen LogP contribution in [-0.2, 0) is 13.0 Å². The van der Waals surface area contributed by atoms with Crippen molar-refractivity contribution >= 4 is 34.3 Å². The monoisotopic (exact) mass is 637 g/mol. The van der Waals surface area contributed by atoms with Gasteiger partial charge < -0.3 is 25.3 Å². The van der Waals surface area contributed by atoms with Gasteiger partial charge in [0.25, 0.3) is 0 Å². The summed E-state index contributed by atoms with van der Waals surface area (Å²) in [5.74, 6) is 1.50. The lowest BCUT2D eigenvalue weighted by atomic mass is 9.99. The lowest BCUT2D eigenvalue weighted by Gasteiger charge is -2.32. The molecule has 3 N–H and O–H groups in total. The van der Waals surface area contributed by atoms with E-state index in [0.29, 0.717) is 12.3 Å². The van der Waals surface area contributed by atoms with Crippen LogP contribution in [0.25, 0.3) is 33.6 Å². The molecule has 0 unspecified atom stereocenters. The Morgan fingerprint density at radius 1 is 0.771 bits per heavy atom. The van der Waals surface area contributed by atoms with Crippen molar-refractivity contribution in [1.29, 1.82) is 0 Å². The molecule has 4 aromatic carbocycles. The van der Waals surface area contributed by atoms with Gasteiger partial charge in [-0.05, 0) is 48.4 Å². The van der Waals surface area contributed by atoms with Crippen molar-refractivity contribution < 1.29 is 9.21 Å². The average Bonchev–Trinajstić information content (AvgIpc) is 3.52. The highest BCUT2D eigenvalue weighted by Crippen LogP contribution is 2.42. The van der Waals surface area contributed by atoms with Gasteiger partial charge in [-0.2, -0.15) is 0 Å². The first-order valence-electron chi connectivity index (χ1n) is 16.4. The third kappa shape index (κ3) is 7.22. The van der Waals surface area contributed by atoms with Crippen molar-refractivity contribution in [2.45, 2.75) is 13.0 Å². The van der Waals surface area contributed by atoms with Crippen molar-refractivity contribution in [3.8, 4) is 22.5 Å². The number of urea groups is 1. The molecule has 1 fully saturated rings. The number of fused-ring (bicyclic) bond motifs is 1. The molecule has 0 bridgehead atoms. The number of furan rings is 1. The summed E-state index contributed by atoms with van der Waals surface area (Å²) in [5.41, 5.74) is 7.35. The first-order chi connectivity index (χ1) is 23.6. The van der Waals surface area contributed by atoms with Crippen LogP contribution in [0.15, 0.2) is 120 Å². The van der Waals surface area contributed by atoms with Gasteiger partial charge in [0, 0.05) is 61.8 Å². The maximum atomic E-state index is 12.9. The summed E-state index contributed by atoms with van der Waals surface area (Å²) in [6.07, 6.45) is 2.30. The number of piperazine rings is 1. The Balaban J connectivity index is 0.993. The van der Waals surface area contributed by atoms with Crippen LogP contribution < -0.4 is 16.0 Å². The second-order valence-electron chi connectivity index (χ2n) is 12.1. The Bertz CT molecular complexity index is 1970. The van der Waals surface area contributed by atoms with Crippen molar-refractivity contribution in [2.75, 3.05) is 55.7 Å². The lowest BCUT2D eigenvalue weighted by molar-refractivity contribution is 0.148. The van der Waals surface area contributed by atoms with Crippen LogP contribution >= 0.6 is 0 Å². The van der Waals surface area contributed by atoms with Gasteiger partial charge in [0.2, 0.25) is 5.71 Å². The Morgan fingerprint density at radius 3 is 2.21 bits per heavy atom. The molecule has 242 valence electrons. The fourth-order valence-corrected chi connectivity index (χ4v) is 6.13. The summed E-state index contributed by atoms with van der Waals surface area (Å²) in [7, 11) is 2.15. The predicted molar refractivity (Wildman–Crippen MR) is 193 cm³/mol. The maximum absolute atomic E-state index is 12.9. The third-order valence-electron chi connectivity index (χ3n) is 8.76. The number of carbonyl (C=O) groups excluding carboxylic acids is 1. The number of likely N-dealkylation sites (N-methyl/N-ethyl adjacent to an activating group) is 1. The van der Waals surface area contributed by atoms with Crippen molar-refractivity contribution in [3.05, 3.63) is 127 Å². The zero-order chi connectivity index (χ0) is 32.7. The molecule has 0 saturated carbocycles. The topological polar surface area (TPSA) is 98.6 Å². The first-order valence-corrected chi connectivity index (χ1v) is 16.4. The quantitative estimate of drug-likeness (QED) is 0.142. The van der Waals surface area contributed by atoms with Gasteiger partial charge in [-0.25, -0.2) is 14.8 Å². The molecule has 2 aromatic heterocycles. The van der Waals surface area contributed by atoms with Gasteiger partial charge in [-0.1, -0.05) is 91.0 Å². The van der Waals surface area contributed by atoms with Gasteiger partial charge in [0.05, 0.1) is 5.39 Å². The number of hydrogen-bond acceptors (Lipinski definition) is 7. The van der Waals surface area contributed by atoms with Gasteiger partial charge >= 0.3 is 6.03 Å². The second-order valence-corrected chi connectivity index (χ2v) is 12.1. The summed E-state index contributed by atoms with van der Waals surface area (Å²) in [5, 5.41) is 10.4. The van der Waals surface area contributed by atoms with E-state index in [1.54, 1.807) is 0 Å². The number of amides is 2. The van der Waals surface area contributed by atoms with E-state index in [4.69, 9.17) is 4.42 Å². The predicted octanol–water partition coefficient (Wildman–Crippen LogP) is 7.60. The second kappa shape index (κ2) is 14.5. The number of benzene rings is 4. The molecular weight excluding hydrogens is 598 g/mol. The zero-order valence-corrected chi connectivity index (χ0v) is 27.0. The minimum atomic E-state index is -0.257. The molecule has 3 heterocycles. The Morgan fingerprint density at radius 2 is 1.46 bits per heavy atom. The zero-order valence-electron chi connectivity index (χ0n) is 27.0. The van der Waals surface area contributed by atoms with Crippen molar-refractivity contribution in [2.24, 2.45) is 0 Å². The molecule has 9 nitrogen and oxygen atoms in total. The molecule has 1 saturated heterocycles. The Kier molecular flexibility index (Phi) is 9.40. The van der Waals surface area contributed by atoms with Crippen molar-refractivity contribution in [1.82, 2.24) is 19.8 Å². The molecule has 6 aromatic rings. The van der Waals surface area contributed by atoms with E-state index in [2.05, 4.69) is 61.0 Å². The standard InChI is InChI=1S/C39H39N7O2/c1-45-22-24-46(25-23-45)26-31-14-8-9-15-33(31)44-39(47)43-32-18-16-28(17-19-32)20-21-40-37-35-34(29-10-4-2-5-11-29)36(30-12-6-3-7-13-30)48-38(35)42-27-41-37/h2-19,27H,20-26H2,1H3,(H,40,41,42)(H2,43,44,47). The van der Waals surface area contributed by atoms with E-state index >= 15 is 0 Å². The molecule has 0 radical (unpaired) electrons. The normalized spacial score (nSPS) is 13.8. The van der Waals surface area contributed by atoms with Crippen LogP contribution in [0, 0.1) is 0 Å². The number of rotatable bonds is 10. The molecule has 1 aliphatic heterocycles. The molecule has 0 aliphatic carbocycles. The SMILES string of the molecule is CN1CCN(Cc2ccccc2NC(=O)Nc2ccc(CCNc3ncnc4oc(-c5ccccc5)c(-c5ccccc5)c34)cc2)CC1. The Hall–Kier alpha value is -5.51. The smallest absolute Gasteiger partial charge is 0.323 e. The highest BCUT2D eigenvalue weighted by molar-refractivity contribution is 6.06. The summed E-state index contributed by atoms with van der Waals surface area (Å²) >= 11 is 0. The number of anilines is 3. The van der Waals surface area contributed by atoms with Crippen LogP contribution in [0.1, 0.15) is 11.1 Å². The summed E-state index contributed by atoms with van der Waals surface area (Å²) in [4.78, 5) is 26.8. The maximum Gasteiger partial charge on any atom is 0.323 e. The highest BCUT2D eigenvalue weighted by atomic mass is 16.3. The number of carbonyl (C=O) groups is 1. The number of nitrogens with zero attached hydrogens (tertiary/aromatic N) is 4. The average molecular weight is 638 g/mol. The van der Waals surface area contributed by atoms with E-state index in [1.807, 2.05) is 91.0 Å². The van der Waals surface area contributed by atoms with E-state index in [9.17, 15) is 4.79 Å². The number of aromatic nitrogens is 2. The summed E-state index contributed by atoms with van der Waals surface area (Å²) in [6, 6.07) is 36.0. The lowest BCUT2D eigenvalue weighted by Crippen LogP contribution is -2.44. The van der Waals surface area contributed by atoms with Gasteiger partial charge in [-0.15, -0.1) is 0 Å². The summed E-state index contributed by atoms with van der Waals surface area (Å²) in [6.45, 7) is 5.63. The summed E-state index contributed by atoms with van der Waals surface area (Å²) < 4.78 is 6.34. The number of hydrogen-bond donors (Lipinski definition) is 3. The van der Waals surface area contributed by atoms with Crippen LogP contribution in [0.2, 0.25) is 0 Å². The minimum Gasteiger partial charge on any atom is -0.437 e. The van der Waals surface area contributed by atoms with E-state index in [1.165, 1.54) is 6.33 Å². The van der Waals surface area contributed by atoms with E-state index in [-0.39, 0.29) is 6.03 Å². The van der Waals surface area contributed by atoms with Crippen LogP contribution in [0.3, 0.4) is 0 Å². The van der Waals surface area contributed by atoms with Crippen LogP contribution in [0.5, 0.6) is 0 Å². The van der Waals surface area contributed by atoms with E-state index < -0.39 is 0 Å². The molecule has 0 atom stereocenters. The van der Waals surface area contributed by atoms with Crippen LogP contribution in [-0.4, -0.2) is 65.6 Å². The molecule has 48 heavy (non-hydrogen) atoms. The van der Waals surface area contributed by atoms with Crippen molar-refractivity contribution in [3.63, 3.8) is 0 Å². The fraction of sp³-hybridized carbons (Fsp3) is 0.205. The molecule has 2 amide bonds. The van der Waals surface area contributed by atoms with E-state index in [0.717, 1.165) is 95.3 Å². The van der Waals surface area contributed by atoms with Gasteiger partial charge in [-0.3, -0.25) is 4.90 Å². The van der Waals surface area contributed by atoms with Gasteiger partial charge in [0.15, 0.2) is 0 Å².